The molecule has 0 aromatic heterocycles. The van der Waals surface area contributed by atoms with Crippen LogP contribution in [0.4, 0.5) is 10.1 Å². The lowest BCUT2D eigenvalue weighted by molar-refractivity contribution is 0.586. The highest BCUT2D eigenvalue weighted by Crippen LogP contribution is 2.29. The number of sulfone groups is 1. The summed E-state index contributed by atoms with van der Waals surface area (Å²) in [5.41, 5.74) is 0.0746. The molecule has 1 aliphatic rings. The Labute approximate surface area is 140 Å². The Morgan fingerprint density at radius 2 is 1.75 bits per heavy atom. The molecule has 0 saturated heterocycles. The number of nitrogens with zero attached hydrogens (tertiary/aromatic N) is 1. The van der Waals surface area contributed by atoms with Gasteiger partial charge in [0.15, 0.2) is 9.84 Å². The Morgan fingerprint density at radius 1 is 1.04 bits per heavy atom. The molecule has 5 nitrogen and oxygen atoms in total. The first-order chi connectivity index (χ1) is 11.3. The average molecular weight is 367 g/mol. The predicted molar refractivity (Wildman–Crippen MR) is 89.2 cm³/mol. The predicted octanol–water partition coefficient (Wildman–Crippen LogP) is 2.33. The van der Waals surface area contributed by atoms with Crippen molar-refractivity contribution in [2.24, 2.45) is 0 Å². The summed E-state index contributed by atoms with van der Waals surface area (Å²) < 4.78 is 64.0. The molecule has 0 N–H and O–H groups in total. The number of anilines is 1. The van der Waals surface area contributed by atoms with Gasteiger partial charge in [0.2, 0.25) is 0 Å². The minimum Gasteiger partial charge on any atom is -0.258 e. The van der Waals surface area contributed by atoms with E-state index in [0.29, 0.717) is 0 Å². The van der Waals surface area contributed by atoms with E-state index in [-0.39, 0.29) is 16.3 Å². The van der Waals surface area contributed by atoms with Crippen LogP contribution in [0.3, 0.4) is 0 Å². The zero-order chi connectivity index (χ0) is 17.4. The monoisotopic (exact) mass is 367 g/mol. The van der Waals surface area contributed by atoms with Gasteiger partial charge < -0.3 is 0 Å². The van der Waals surface area contributed by atoms with Gasteiger partial charge in [-0.1, -0.05) is 24.3 Å². The summed E-state index contributed by atoms with van der Waals surface area (Å²) in [6, 6.07) is 11.8. The summed E-state index contributed by atoms with van der Waals surface area (Å²) in [5.74, 6) is -0.985. The summed E-state index contributed by atoms with van der Waals surface area (Å²) in [5, 5.41) is 0.991. The van der Waals surface area contributed by atoms with Crippen molar-refractivity contribution in [1.82, 2.24) is 0 Å². The SMILES string of the molecule is O=S1(=O)C=CC(N(c2cccc(F)c2)S(=O)(=O)c2ccccc2)C1. The molecule has 24 heavy (non-hydrogen) atoms. The molecule has 126 valence electrons. The van der Waals surface area contributed by atoms with Gasteiger partial charge in [-0.2, -0.15) is 0 Å². The molecule has 3 rings (SSSR count). The third kappa shape index (κ3) is 3.20. The third-order valence-electron chi connectivity index (χ3n) is 3.58. The van der Waals surface area contributed by atoms with Gasteiger partial charge in [0, 0.05) is 5.41 Å². The van der Waals surface area contributed by atoms with Crippen molar-refractivity contribution >= 4 is 25.5 Å². The lowest BCUT2D eigenvalue weighted by Crippen LogP contribution is -2.41. The Hall–Kier alpha value is -2.19. The zero-order valence-corrected chi connectivity index (χ0v) is 14.0. The standard InChI is InChI=1S/C16H14FNO4S2/c17-13-5-4-6-14(11-13)18(15-9-10-23(19,20)12-15)24(21,22)16-7-2-1-3-8-16/h1-11,15H,12H2. The van der Waals surface area contributed by atoms with Gasteiger partial charge in [-0.3, -0.25) is 4.31 Å². The molecule has 0 bridgehead atoms. The third-order valence-corrected chi connectivity index (χ3v) is 6.82. The molecule has 0 amide bonds. The number of benzene rings is 2. The Morgan fingerprint density at radius 3 is 2.33 bits per heavy atom. The lowest BCUT2D eigenvalue weighted by Gasteiger charge is -2.29. The molecule has 0 spiro atoms. The molecule has 1 atom stereocenters. The molecule has 1 aliphatic heterocycles. The highest BCUT2D eigenvalue weighted by Gasteiger charge is 2.35. The molecule has 0 radical (unpaired) electrons. The Bertz CT molecular complexity index is 986. The molecule has 0 aliphatic carbocycles. The van der Waals surface area contributed by atoms with Crippen molar-refractivity contribution in [2.75, 3.05) is 10.1 Å². The first-order valence-electron chi connectivity index (χ1n) is 7.06. The highest BCUT2D eigenvalue weighted by atomic mass is 32.2. The van der Waals surface area contributed by atoms with Crippen LogP contribution >= 0.6 is 0 Å². The molecule has 0 saturated carbocycles. The smallest absolute Gasteiger partial charge is 0.258 e. The summed E-state index contributed by atoms with van der Waals surface area (Å²) in [6.07, 6.45) is 1.31. The van der Waals surface area contributed by atoms with Crippen molar-refractivity contribution in [3.8, 4) is 0 Å². The van der Waals surface area contributed by atoms with E-state index >= 15 is 0 Å². The van der Waals surface area contributed by atoms with Crippen LogP contribution in [-0.2, 0) is 19.9 Å². The molecule has 0 fully saturated rings. The summed E-state index contributed by atoms with van der Waals surface area (Å²) in [7, 11) is -7.54. The quantitative estimate of drug-likeness (QED) is 0.832. The van der Waals surface area contributed by atoms with Crippen molar-refractivity contribution in [3.63, 3.8) is 0 Å². The normalized spacial score (nSPS) is 19.3. The van der Waals surface area contributed by atoms with E-state index in [1.54, 1.807) is 18.2 Å². The van der Waals surface area contributed by atoms with E-state index in [1.807, 2.05) is 0 Å². The molecule has 2 aromatic carbocycles. The van der Waals surface area contributed by atoms with E-state index in [0.717, 1.165) is 15.8 Å². The average Bonchev–Trinajstić information content (AvgIpc) is 2.88. The first kappa shape index (κ1) is 16.7. The molecule has 1 unspecified atom stereocenters. The minimum absolute atomic E-state index is 0.00644. The molecule has 8 heteroatoms. The lowest BCUT2D eigenvalue weighted by atomic mass is 10.2. The number of hydrogen-bond acceptors (Lipinski definition) is 4. The van der Waals surface area contributed by atoms with Crippen LogP contribution in [0.1, 0.15) is 0 Å². The van der Waals surface area contributed by atoms with Gasteiger partial charge in [0.05, 0.1) is 22.4 Å². The fraction of sp³-hybridized carbons (Fsp3) is 0.125. The van der Waals surface area contributed by atoms with Crippen molar-refractivity contribution < 1.29 is 21.2 Å². The van der Waals surface area contributed by atoms with Crippen LogP contribution < -0.4 is 4.31 Å². The van der Waals surface area contributed by atoms with Crippen molar-refractivity contribution in [3.05, 3.63) is 71.9 Å². The maximum Gasteiger partial charge on any atom is 0.264 e. The first-order valence-corrected chi connectivity index (χ1v) is 10.2. The fourth-order valence-corrected chi connectivity index (χ4v) is 5.52. The number of halogens is 1. The van der Waals surface area contributed by atoms with Crippen LogP contribution in [0.15, 0.2) is 71.0 Å². The van der Waals surface area contributed by atoms with Gasteiger partial charge in [-0.05, 0) is 36.4 Å². The van der Waals surface area contributed by atoms with E-state index < -0.39 is 31.7 Å². The van der Waals surface area contributed by atoms with Crippen molar-refractivity contribution in [1.29, 1.82) is 0 Å². The number of hydrogen-bond donors (Lipinski definition) is 0. The van der Waals surface area contributed by atoms with Crippen molar-refractivity contribution in [2.45, 2.75) is 10.9 Å². The summed E-state index contributed by atoms with van der Waals surface area (Å²) >= 11 is 0. The molecule has 2 aromatic rings. The number of rotatable bonds is 4. The van der Waals surface area contributed by atoms with Gasteiger partial charge in [-0.25, -0.2) is 21.2 Å². The zero-order valence-electron chi connectivity index (χ0n) is 12.4. The van der Waals surface area contributed by atoms with Crippen LogP contribution in [-0.4, -0.2) is 28.6 Å². The highest BCUT2D eigenvalue weighted by molar-refractivity contribution is 7.95. The fourth-order valence-electron chi connectivity index (χ4n) is 2.53. The molecular formula is C16H14FNO4S2. The number of sulfonamides is 1. The Balaban J connectivity index is 2.15. The molecule has 1 heterocycles. The van der Waals surface area contributed by atoms with Gasteiger partial charge in [-0.15, -0.1) is 0 Å². The van der Waals surface area contributed by atoms with Crippen LogP contribution in [0.25, 0.3) is 0 Å². The van der Waals surface area contributed by atoms with E-state index in [2.05, 4.69) is 0 Å². The second kappa shape index (κ2) is 6.03. The van der Waals surface area contributed by atoms with E-state index in [9.17, 15) is 21.2 Å². The second-order valence-corrected chi connectivity index (χ2v) is 9.07. The summed E-state index contributed by atoms with van der Waals surface area (Å²) in [4.78, 5) is 0.00644. The largest absolute Gasteiger partial charge is 0.264 e. The molecular weight excluding hydrogens is 353 g/mol. The topological polar surface area (TPSA) is 71.5 Å². The van der Waals surface area contributed by atoms with Crippen LogP contribution in [0.5, 0.6) is 0 Å². The van der Waals surface area contributed by atoms with E-state index in [4.69, 9.17) is 0 Å². The van der Waals surface area contributed by atoms with Gasteiger partial charge in [0.25, 0.3) is 10.0 Å². The van der Waals surface area contributed by atoms with E-state index in [1.165, 1.54) is 36.4 Å². The maximum absolute atomic E-state index is 13.6. The van der Waals surface area contributed by atoms with Gasteiger partial charge >= 0.3 is 0 Å². The maximum atomic E-state index is 13.6. The second-order valence-electron chi connectivity index (χ2n) is 5.32. The van der Waals surface area contributed by atoms with Gasteiger partial charge in [0.1, 0.15) is 5.82 Å². The van der Waals surface area contributed by atoms with Crippen LogP contribution in [0.2, 0.25) is 0 Å². The minimum atomic E-state index is -4.05. The van der Waals surface area contributed by atoms with Crippen LogP contribution in [0, 0.1) is 5.82 Å². The summed E-state index contributed by atoms with van der Waals surface area (Å²) in [6.45, 7) is 0. The Kier molecular flexibility index (Phi) is 4.18.